The lowest BCUT2D eigenvalue weighted by molar-refractivity contribution is -0.140. The SMILES string of the molecule is CC1=CC(Nc2ccc(F)cc2)=C(C(=O)OCC(C)C)[C@@H](c2ccccc2)C1. The fraction of sp³-hybridized carbons (Fsp3) is 0.292. The summed E-state index contributed by atoms with van der Waals surface area (Å²) < 4.78 is 18.9. The first-order chi connectivity index (χ1) is 13.4. The van der Waals surface area contributed by atoms with Gasteiger partial charge in [-0.1, -0.05) is 49.8 Å². The summed E-state index contributed by atoms with van der Waals surface area (Å²) in [6.45, 7) is 6.45. The number of allylic oxidation sites excluding steroid dienone is 2. The molecular weight excluding hydrogens is 353 g/mol. The molecule has 0 bridgehead atoms. The smallest absolute Gasteiger partial charge is 0.336 e. The van der Waals surface area contributed by atoms with E-state index in [1.165, 1.54) is 17.7 Å². The summed E-state index contributed by atoms with van der Waals surface area (Å²) in [6.07, 6.45) is 2.74. The van der Waals surface area contributed by atoms with Gasteiger partial charge in [-0.3, -0.25) is 0 Å². The molecule has 0 unspecified atom stereocenters. The maximum Gasteiger partial charge on any atom is 0.336 e. The Bertz CT molecular complexity index is 883. The van der Waals surface area contributed by atoms with E-state index in [0.717, 1.165) is 17.7 Å². The van der Waals surface area contributed by atoms with Crippen molar-refractivity contribution >= 4 is 11.7 Å². The largest absolute Gasteiger partial charge is 0.462 e. The highest BCUT2D eigenvalue weighted by Crippen LogP contribution is 2.38. The highest BCUT2D eigenvalue weighted by Gasteiger charge is 2.30. The van der Waals surface area contributed by atoms with Crippen molar-refractivity contribution in [1.29, 1.82) is 0 Å². The second kappa shape index (κ2) is 8.87. The first-order valence-corrected chi connectivity index (χ1v) is 9.60. The zero-order chi connectivity index (χ0) is 20.1. The lowest BCUT2D eigenvalue weighted by Crippen LogP contribution is -2.23. The summed E-state index contributed by atoms with van der Waals surface area (Å²) in [5.74, 6) is -0.438. The van der Waals surface area contributed by atoms with Crippen molar-refractivity contribution in [2.75, 3.05) is 11.9 Å². The van der Waals surface area contributed by atoms with E-state index in [9.17, 15) is 9.18 Å². The number of benzene rings is 2. The van der Waals surface area contributed by atoms with E-state index >= 15 is 0 Å². The molecule has 0 fully saturated rings. The molecule has 0 amide bonds. The molecule has 0 heterocycles. The molecule has 3 rings (SSSR count). The summed E-state index contributed by atoms with van der Waals surface area (Å²) in [5, 5.41) is 3.29. The Morgan fingerprint density at radius 3 is 2.46 bits per heavy atom. The summed E-state index contributed by atoms with van der Waals surface area (Å²) in [4.78, 5) is 13.0. The van der Waals surface area contributed by atoms with Crippen molar-refractivity contribution in [3.05, 3.63) is 88.9 Å². The average molecular weight is 379 g/mol. The van der Waals surface area contributed by atoms with Crippen molar-refractivity contribution in [2.45, 2.75) is 33.1 Å². The number of hydrogen-bond acceptors (Lipinski definition) is 3. The Morgan fingerprint density at radius 1 is 1.14 bits per heavy atom. The van der Waals surface area contributed by atoms with E-state index in [1.54, 1.807) is 12.1 Å². The molecule has 1 aliphatic carbocycles. The maximum atomic E-state index is 13.3. The zero-order valence-corrected chi connectivity index (χ0v) is 16.5. The van der Waals surface area contributed by atoms with Gasteiger partial charge in [0.1, 0.15) is 5.82 Å². The van der Waals surface area contributed by atoms with Crippen LogP contribution in [-0.4, -0.2) is 12.6 Å². The van der Waals surface area contributed by atoms with Gasteiger partial charge in [0.05, 0.1) is 12.2 Å². The number of hydrogen-bond donors (Lipinski definition) is 1. The van der Waals surface area contributed by atoms with Crippen molar-refractivity contribution in [2.24, 2.45) is 5.92 Å². The zero-order valence-electron chi connectivity index (χ0n) is 16.5. The molecule has 3 nitrogen and oxygen atoms in total. The normalized spacial score (nSPS) is 16.8. The molecule has 1 N–H and O–H groups in total. The van der Waals surface area contributed by atoms with Gasteiger partial charge in [-0.2, -0.15) is 0 Å². The molecule has 1 atom stereocenters. The number of rotatable bonds is 6. The van der Waals surface area contributed by atoms with Crippen LogP contribution in [0.4, 0.5) is 10.1 Å². The predicted octanol–water partition coefficient (Wildman–Crippen LogP) is 5.82. The minimum absolute atomic E-state index is 0.0891. The topological polar surface area (TPSA) is 38.3 Å². The minimum atomic E-state index is -0.309. The van der Waals surface area contributed by atoms with Crippen LogP contribution in [0.1, 0.15) is 38.7 Å². The summed E-state index contributed by atoms with van der Waals surface area (Å²) in [6, 6.07) is 16.1. The van der Waals surface area contributed by atoms with Crippen molar-refractivity contribution in [1.82, 2.24) is 0 Å². The van der Waals surface area contributed by atoms with E-state index in [-0.39, 0.29) is 23.6 Å². The fourth-order valence-corrected chi connectivity index (χ4v) is 3.33. The molecule has 28 heavy (non-hydrogen) atoms. The third-order valence-electron chi connectivity index (χ3n) is 4.65. The lowest BCUT2D eigenvalue weighted by atomic mass is 9.81. The first-order valence-electron chi connectivity index (χ1n) is 9.60. The van der Waals surface area contributed by atoms with Gasteiger partial charge >= 0.3 is 5.97 Å². The molecule has 4 heteroatoms. The van der Waals surface area contributed by atoms with Gasteiger partial charge < -0.3 is 10.1 Å². The molecule has 146 valence electrons. The number of ether oxygens (including phenoxy) is 1. The van der Waals surface area contributed by atoms with Crippen LogP contribution in [0, 0.1) is 11.7 Å². The van der Waals surface area contributed by atoms with Crippen LogP contribution >= 0.6 is 0 Å². The van der Waals surface area contributed by atoms with Gasteiger partial charge in [-0.15, -0.1) is 0 Å². The Labute approximate surface area is 165 Å². The van der Waals surface area contributed by atoms with Gasteiger partial charge in [0.2, 0.25) is 0 Å². The van der Waals surface area contributed by atoms with Gasteiger partial charge in [-0.25, -0.2) is 9.18 Å². The molecule has 0 radical (unpaired) electrons. The molecule has 1 aliphatic rings. The predicted molar refractivity (Wildman–Crippen MR) is 110 cm³/mol. The summed E-state index contributed by atoms with van der Waals surface area (Å²) in [7, 11) is 0. The van der Waals surface area contributed by atoms with Crippen molar-refractivity contribution < 1.29 is 13.9 Å². The highest BCUT2D eigenvalue weighted by molar-refractivity contribution is 5.93. The van der Waals surface area contributed by atoms with Gasteiger partial charge in [0.15, 0.2) is 0 Å². The minimum Gasteiger partial charge on any atom is -0.462 e. The fourth-order valence-electron chi connectivity index (χ4n) is 3.33. The number of nitrogens with one attached hydrogen (secondary N) is 1. The van der Waals surface area contributed by atoms with Gasteiger partial charge in [0, 0.05) is 17.3 Å². The summed E-state index contributed by atoms with van der Waals surface area (Å²) in [5.41, 5.74) is 4.28. The van der Waals surface area contributed by atoms with Crippen LogP contribution in [0.3, 0.4) is 0 Å². The van der Waals surface area contributed by atoms with Crippen molar-refractivity contribution in [3.8, 4) is 0 Å². The molecule has 0 spiro atoms. The number of carbonyl (C=O) groups is 1. The number of anilines is 1. The Kier molecular flexibility index (Phi) is 6.30. The molecule has 0 saturated carbocycles. The number of halogens is 1. The van der Waals surface area contributed by atoms with E-state index in [0.29, 0.717) is 17.9 Å². The molecule has 2 aromatic carbocycles. The van der Waals surface area contributed by atoms with E-state index in [1.807, 2.05) is 50.3 Å². The Balaban J connectivity index is 2.02. The third kappa shape index (κ3) is 4.89. The second-order valence-electron chi connectivity index (χ2n) is 7.61. The monoisotopic (exact) mass is 379 g/mol. The lowest BCUT2D eigenvalue weighted by Gasteiger charge is -2.27. The van der Waals surface area contributed by atoms with Crippen LogP contribution in [-0.2, 0) is 9.53 Å². The van der Waals surface area contributed by atoms with E-state index in [4.69, 9.17) is 4.74 Å². The van der Waals surface area contributed by atoms with Crippen LogP contribution in [0.15, 0.2) is 77.5 Å². The molecule has 0 aliphatic heterocycles. The number of carbonyl (C=O) groups excluding carboxylic acids is 1. The highest BCUT2D eigenvalue weighted by atomic mass is 19.1. The maximum absolute atomic E-state index is 13.3. The van der Waals surface area contributed by atoms with Crippen LogP contribution < -0.4 is 5.32 Å². The standard InChI is InChI=1S/C24H26FNO2/c1-16(2)15-28-24(27)23-21(18-7-5-4-6-8-18)13-17(3)14-22(23)26-20-11-9-19(25)10-12-20/h4-12,14,16,21,26H,13,15H2,1-3H3/t21-/m1/s1. The van der Waals surface area contributed by atoms with Crippen LogP contribution in [0.5, 0.6) is 0 Å². The van der Waals surface area contributed by atoms with Gasteiger partial charge in [-0.05, 0) is 55.2 Å². The summed E-state index contributed by atoms with van der Waals surface area (Å²) >= 11 is 0. The Hall–Kier alpha value is -2.88. The second-order valence-corrected chi connectivity index (χ2v) is 7.61. The molecule has 0 aromatic heterocycles. The molecule has 0 saturated heterocycles. The van der Waals surface area contributed by atoms with E-state index < -0.39 is 0 Å². The Morgan fingerprint density at radius 2 is 1.82 bits per heavy atom. The first kappa shape index (κ1) is 19.9. The third-order valence-corrected chi connectivity index (χ3v) is 4.65. The van der Waals surface area contributed by atoms with Gasteiger partial charge in [0.25, 0.3) is 0 Å². The number of esters is 1. The van der Waals surface area contributed by atoms with Crippen LogP contribution in [0.2, 0.25) is 0 Å². The van der Waals surface area contributed by atoms with Crippen LogP contribution in [0.25, 0.3) is 0 Å². The quantitative estimate of drug-likeness (QED) is 0.642. The molecule has 2 aromatic rings. The average Bonchev–Trinajstić information content (AvgIpc) is 2.68. The molecular formula is C24H26FNO2. The van der Waals surface area contributed by atoms with Crippen molar-refractivity contribution in [3.63, 3.8) is 0 Å². The van der Waals surface area contributed by atoms with E-state index in [2.05, 4.69) is 12.2 Å².